The second-order valence-corrected chi connectivity index (χ2v) is 10.1. The predicted octanol–water partition coefficient (Wildman–Crippen LogP) is 1.20. The van der Waals surface area contributed by atoms with Gasteiger partial charge in [0.15, 0.2) is 17.7 Å². The Labute approximate surface area is 169 Å². The first kappa shape index (κ1) is 20.7. The normalized spacial score (nSPS) is 35.0. The highest BCUT2D eigenvalue weighted by Gasteiger charge is 2.71. The lowest BCUT2D eigenvalue weighted by molar-refractivity contribution is -0.324. The van der Waals surface area contributed by atoms with Gasteiger partial charge in [-0.1, -0.05) is 17.7 Å². The zero-order chi connectivity index (χ0) is 21.2. The molecule has 0 aliphatic carbocycles. The van der Waals surface area contributed by atoms with Crippen LogP contribution in [0.3, 0.4) is 0 Å². The summed E-state index contributed by atoms with van der Waals surface area (Å²) < 4.78 is 56.7. The van der Waals surface area contributed by atoms with E-state index in [2.05, 4.69) is 4.72 Å². The van der Waals surface area contributed by atoms with E-state index in [9.17, 15) is 13.2 Å². The highest BCUT2D eigenvalue weighted by molar-refractivity contribution is 7.90. The maximum atomic E-state index is 13.2. The summed E-state index contributed by atoms with van der Waals surface area (Å²) in [6, 6.07) is 6.13. The van der Waals surface area contributed by atoms with Gasteiger partial charge in [-0.3, -0.25) is 4.79 Å². The molecule has 3 fully saturated rings. The summed E-state index contributed by atoms with van der Waals surface area (Å²) in [5, 5.41) is 0. The topological polar surface area (TPSA) is 109 Å². The zero-order valence-corrected chi connectivity index (χ0v) is 17.7. The SMILES string of the molecule is Cc1ccc(S(=O)(=O)NC(=O)[C@@]23O[C@H]4COC(C)(C)O[C@H]4[C@@H]2OC(C)(C)O3)cc1. The second kappa shape index (κ2) is 6.47. The largest absolute Gasteiger partial charge is 0.348 e. The Kier molecular flexibility index (Phi) is 4.62. The molecule has 0 spiro atoms. The van der Waals surface area contributed by atoms with Gasteiger partial charge in [-0.25, -0.2) is 13.1 Å². The van der Waals surface area contributed by atoms with E-state index in [1.54, 1.807) is 39.8 Å². The summed E-state index contributed by atoms with van der Waals surface area (Å²) in [5.74, 6) is -5.02. The maximum absolute atomic E-state index is 13.2. The van der Waals surface area contributed by atoms with Crippen molar-refractivity contribution < 1.29 is 36.9 Å². The van der Waals surface area contributed by atoms with Crippen molar-refractivity contribution in [1.82, 2.24) is 4.72 Å². The number of aryl methyl sites for hydroxylation is 1. The number of rotatable bonds is 3. The number of benzene rings is 1. The summed E-state index contributed by atoms with van der Waals surface area (Å²) >= 11 is 0. The number of amides is 1. The summed E-state index contributed by atoms with van der Waals surface area (Å²) in [4.78, 5) is 13.1. The van der Waals surface area contributed by atoms with E-state index >= 15 is 0 Å². The van der Waals surface area contributed by atoms with Crippen LogP contribution in [-0.2, 0) is 38.5 Å². The number of carbonyl (C=O) groups excluding carboxylic acids is 1. The van der Waals surface area contributed by atoms with Gasteiger partial charge in [-0.15, -0.1) is 0 Å². The Morgan fingerprint density at radius 3 is 2.34 bits per heavy atom. The molecular weight excluding hydrogens is 402 g/mol. The van der Waals surface area contributed by atoms with Crippen molar-refractivity contribution in [2.45, 2.75) is 75.2 Å². The summed E-state index contributed by atoms with van der Waals surface area (Å²) in [6.45, 7) is 8.72. The van der Waals surface area contributed by atoms with E-state index in [1.165, 1.54) is 12.1 Å². The van der Waals surface area contributed by atoms with E-state index < -0.39 is 51.6 Å². The average Bonchev–Trinajstić information content (AvgIpc) is 3.03. The van der Waals surface area contributed by atoms with Crippen LogP contribution in [-0.4, -0.2) is 56.6 Å². The van der Waals surface area contributed by atoms with Crippen molar-refractivity contribution in [2.75, 3.05) is 6.61 Å². The molecule has 4 rings (SSSR count). The van der Waals surface area contributed by atoms with E-state index in [4.69, 9.17) is 23.7 Å². The van der Waals surface area contributed by atoms with Crippen molar-refractivity contribution in [2.24, 2.45) is 0 Å². The van der Waals surface area contributed by atoms with Crippen LogP contribution < -0.4 is 4.72 Å². The molecule has 0 radical (unpaired) electrons. The van der Waals surface area contributed by atoms with Gasteiger partial charge >= 0.3 is 0 Å². The first-order valence-corrected chi connectivity index (χ1v) is 10.8. The standard InChI is InChI=1S/C19H25NO8S/c1-11-6-8-12(9-7-11)29(22,23)20-16(21)19-15(27-18(4,5)28-19)14-13(25-19)10-24-17(2,3)26-14/h6-9,13-15H,10H2,1-5H3,(H,20,21)/t13-,14+,15-,19+/m0/s1. The van der Waals surface area contributed by atoms with Crippen LogP contribution in [0, 0.1) is 6.92 Å². The number of fused-ring (bicyclic) bond motifs is 3. The van der Waals surface area contributed by atoms with Crippen molar-refractivity contribution in [1.29, 1.82) is 0 Å². The third-order valence-corrected chi connectivity index (χ3v) is 6.41. The van der Waals surface area contributed by atoms with Crippen LogP contribution in [0.4, 0.5) is 0 Å². The van der Waals surface area contributed by atoms with Gasteiger partial charge in [-0.05, 0) is 46.8 Å². The minimum atomic E-state index is -4.14. The van der Waals surface area contributed by atoms with Crippen LogP contribution >= 0.6 is 0 Å². The molecule has 1 N–H and O–H groups in total. The number of hydrogen-bond donors (Lipinski definition) is 1. The van der Waals surface area contributed by atoms with Crippen molar-refractivity contribution in [3.05, 3.63) is 29.8 Å². The third kappa shape index (κ3) is 3.58. The van der Waals surface area contributed by atoms with Crippen molar-refractivity contribution in [3.63, 3.8) is 0 Å². The molecule has 0 saturated carbocycles. The summed E-state index contributed by atoms with van der Waals surface area (Å²) in [7, 11) is -4.14. The molecular formula is C19H25NO8S. The maximum Gasteiger partial charge on any atom is 0.297 e. The Balaban J connectivity index is 1.64. The number of carbonyl (C=O) groups is 1. The van der Waals surface area contributed by atoms with Gasteiger partial charge in [0.2, 0.25) is 0 Å². The van der Waals surface area contributed by atoms with Crippen LogP contribution in [0.25, 0.3) is 0 Å². The summed E-state index contributed by atoms with van der Waals surface area (Å²) in [5.41, 5.74) is 0.895. The van der Waals surface area contributed by atoms with Gasteiger partial charge in [0.1, 0.15) is 12.2 Å². The fourth-order valence-electron chi connectivity index (χ4n) is 3.80. The van der Waals surface area contributed by atoms with Gasteiger partial charge in [0.25, 0.3) is 21.7 Å². The molecule has 0 aromatic heterocycles. The third-order valence-electron chi connectivity index (χ3n) is 5.06. The van der Waals surface area contributed by atoms with E-state index in [-0.39, 0.29) is 11.5 Å². The first-order valence-electron chi connectivity index (χ1n) is 9.35. The van der Waals surface area contributed by atoms with E-state index in [1.807, 2.05) is 6.92 Å². The highest BCUT2D eigenvalue weighted by Crippen LogP contribution is 2.49. The van der Waals surface area contributed by atoms with Crippen LogP contribution in [0.5, 0.6) is 0 Å². The number of nitrogens with one attached hydrogen (secondary N) is 1. The van der Waals surface area contributed by atoms with Crippen LogP contribution in [0.2, 0.25) is 0 Å². The molecule has 9 nitrogen and oxygen atoms in total. The lowest BCUT2D eigenvalue weighted by Crippen LogP contribution is -2.55. The van der Waals surface area contributed by atoms with Crippen LogP contribution in [0.1, 0.15) is 33.3 Å². The molecule has 3 heterocycles. The first-order chi connectivity index (χ1) is 13.3. The Morgan fingerprint density at radius 2 is 1.69 bits per heavy atom. The van der Waals surface area contributed by atoms with Crippen molar-refractivity contribution in [3.8, 4) is 0 Å². The average molecular weight is 427 g/mol. The fraction of sp³-hybridized carbons (Fsp3) is 0.632. The Morgan fingerprint density at radius 1 is 1.03 bits per heavy atom. The predicted molar refractivity (Wildman–Crippen MR) is 99.1 cm³/mol. The van der Waals surface area contributed by atoms with Crippen LogP contribution in [0.15, 0.2) is 29.2 Å². The second-order valence-electron chi connectivity index (χ2n) is 8.41. The van der Waals surface area contributed by atoms with Gasteiger partial charge in [0.05, 0.1) is 11.5 Å². The molecule has 3 saturated heterocycles. The smallest absolute Gasteiger partial charge is 0.297 e. The van der Waals surface area contributed by atoms with E-state index in [0.29, 0.717) is 0 Å². The molecule has 160 valence electrons. The molecule has 3 aliphatic heterocycles. The highest BCUT2D eigenvalue weighted by atomic mass is 32.2. The van der Waals surface area contributed by atoms with Crippen molar-refractivity contribution >= 4 is 15.9 Å². The molecule has 3 aliphatic rings. The quantitative estimate of drug-likeness (QED) is 0.766. The minimum Gasteiger partial charge on any atom is -0.348 e. The number of ether oxygens (including phenoxy) is 5. The minimum absolute atomic E-state index is 0.0429. The monoisotopic (exact) mass is 427 g/mol. The molecule has 4 atom stereocenters. The van der Waals surface area contributed by atoms with Gasteiger partial charge in [0, 0.05) is 0 Å². The van der Waals surface area contributed by atoms with E-state index in [0.717, 1.165) is 5.56 Å². The van der Waals surface area contributed by atoms with Gasteiger partial charge in [-0.2, -0.15) is 0 Å². The summed E-state index contributed by atoms with van der Waals surface area (Å²) in [6.07, 6.45) is -2.26. The molecule has 1 aromatic carbocycles. The Hall–Kier alpha value is -1.56. The lowest BCUT2D eigenvalue weighted by Gasteiger charge is -2.38. The fourth-order valence-corrected chi connectivity index (χ4v) is 4.80. The number of hydrogen-bond acceptors (Lipinski definition) is 8. The zero-order valence-electron chi connectivity index (χ0n) is 16.9. The molecule has 29 heavy (non-hydrogen) atoms. The molecule has 1 amide bonds. The molecule has 1 aromatic rings. The van der Waals surface area contributed by atoms with Gasteiger partial charge < -0.3 is 23.7 Å². The number of sulfonamides is 1. The molecule has 0 unspecified atom stereocenters. The molecule has 10 heteroatoms. The Bertz CT molecular complexity index is 926. The lowest BCUT2D eigenvalue weighted by atomic mass is 10.0. The molecule has 0 bridgehead atoms.